The number of benzene rings is 2. The summed E-state index contributed by atoms with van der Waals surface area (Å²) in [6.45, 7) is 5.80. The fourth-order valence-electron chi connectivity index (χ4n) is 4.53. The predicted octanol–water partition coefficient (Wildman–Crippen LogP) is 2.87. The number of aromatic nitrogens is 1. The highest BCUT2D eigenvalue weighted by atomic mass is 32.2. The lowest BCUT2D eigenvalue weighted by Crippen LogP contribution is -2.49. The summed E-state index contributed by atoms with van der Waals surface area (Å²) in [6, 6.07) is 14.4. The van der Waals surface area contributed by atoms with Crippen LogP contribution in [0.3, 0.4) is 0 Å². The van der Waals surface area contributed by atoms with Gasteiger partial charge in [-0.15, -0.1) is 0 Å². The second kappa shape index (κ2) is 9.79. The van der Waals surface area contributed by atoms with Gasteiger partial charge in [0.05, 0.1) is 10.5 Å². The first kappa shape index (κ1) is 24.1. The lowest BCUT2D eigenvalue weighted by Gasteiger charge is -2.35. The number of ether oxygens (including phenoxy) is 2. The Bertz CT molecular complexity index is 1380. The third-order valence-electron chi connectivity index (χ3n) is 6.29. The zero-order valence-corrected chi connectivity index (χ0v) is 21.0. The summed E-state index contributed by atoms with van der Waals surface area (Å²) < 4.78 is 38.7. The highest BCUT2D eigenvalue weighted by Gasteiger charge is 2.30. The zero-order chi connectivity index (χ0) is 25.3. The maximum atomic E-state index is 13.2. The average molecular weight is 509 g/mol. The van der Waals surface area contributed by atoms with Gasteiger partial charge in [-0.25, -0.2) is 13.4 Å². The van der Waals surface area contributed by atoms with Gasteiger partial charge in [-0.05, 0) is 66.9 Å². The predicted molar refractivity (Wildman–Crippen MR) is 135 cm³/mol. The van der Waals surface area contributed by atoms with Crippen molar-refractivity contribution in [3.8, 4) is 11.5 Å². The van der Waals surface area contributed by atoms with Gasteiger partial charge in [-0.3, -0.25) is 4.79 Å². The van der Waals surface area contributed by atoms with Crippen LogP contribution in [0.25, 0.3) is 0 Å². The van der Waals surface area contributed by atoms with Crippen LogP contribution in [0.1, 0.15) is 27.0 Å². The molecule has 1 saturated heterocycles. The van der Waals surface area contributed by atoms with Crippen molar-refractivity contribution in [2.45, 2.75) is 25.3 Å². The van der Waals surface area contributed by atoms with E-state index in [9.17, 15) is 13.2 Å². The Labute approximate surface area is 210 Å². The molecule has 3 aromatic rings. The zero-order valence-electron chi connectivity index (χ0n) is 20.2. The number of carbonyl (C=O) groups excluding carboxylic acids is 1. The van der Waals surface area contributed by atoms with Crippen molar-refractivity contribution < 1.29 is 22.7 Å². The number of hydrogen-bond donors (Lipinski definition) is 1. The molecule has 9 nitrogen and oxygen atoms in total. The number of amides is 1. The Morgan fingerprint density at radius 1 is 0.972 bits per heavy atom. The van der Waals surface area contributed by atoms with E-state index in [0.29, 0.717) is 60.5 Å². The Morgan fingerprint density at radius 2 is 1.69 bits per heavy atom. The Kier molecular flexibility index (Phi) is 6.55. The van der Waals surface area contributed by atoms with Crippen LogP contribution in [0.4, 0.5) is 5.82 Å². The Balaban J connectivity index is 1.26. The second-order valence-corrected chi connectivity index (χ2v) is 10.9. The average Bonchev–Trinajstić information content (AvgIpc) is 3.35. The maximum absolute atomic E-state index is 13.2. The molecule has 0 aliphatic carbocycles. The molecule has 188 valence electrons. The van der Waals surface area contributed by atoms with Crippen molar-refractivity contribution in [3.05, 3.63) is 77.0 Å². The van der Waals surface area contributed by atoms with Gasteiger partial charge in [-0.1, -0.05) is 12.1 Å². The van der Waals surface area contributed by atoms with E-state index in [2.05, 4.69) is 10.3 Å². The van der Waals surface area contributed by atoms with Crippen molar-refractivity contribution in [1.82, 2.24) is 14.6 Å². The summed E-state index contributed by atoms with van der Waals surface area (Å²) in [5, 5.41) is 2.94. The largest absolute Gasteiger partial charge is 0.454 e. The number of sulfonamides is 1. The van der Waals surface area contributed by atoms with E-state index in [1.165, 1.54) is 4.31 Å². The van der Waals surface area contributed by atoms with Crippen molar-refractivity contribution in [3.63, 3.8) is 0 Å². The lowest BCUT2D eigenvalue weighted by atomic mass is 10.1. The number of rotatable bonds is 6. The topological polar surface area (TPSA) is 101 Å². The van der Waals surface area contributed by atoms with Crippen LogP contribution in [0.2, 0.25) is 0 Å². The number of pyridine rings is 1. The molecule has 0 saturated carbocycles. The van der Waals surface area contributed by atoms with Crippen LogP contribution in [0.15, 0.2) is 59.6 Å². The number of anilines is 1. The summed E-state index contributed by atoms with van der Waals surface area (Å²) in [5.41, 5.74) is 3.17. The van der Waals surface area contributed by atoms with Crippen molar-refractivity contribution in [2.75, 3.05) is 37.9 Å². The van der Waals surface area contributed by atoms with E-state index >= 15 is 0 Å². The molecule has 3 heterocycles. The molecule has 1 aromatic heterocycles. The molecule has 0 unspecified atom stereocenters. The molecule has 2 aliphatic heterocycles. The van der Waals surface area contributed by atoms with Crippen LogP contribution in [0, 0.1) is 13.8 Å². The smallest absolute Gasteiger partial charge is 0.255 e. The molecule has 10 heteroatoms. The summed E-state index contributed by atoms with van der Waals surface area (Å²) in [5.74, 6) is 1.65. The fraction of sp³-hybridized carbons (Fsp3) is 0.308. The third-order valence-corrected chi connectivity index (χ3v) is 8.17. The molecule has 0 atom stereocenters. The number of carbonyl (C=O) groups is 1. The number of fused-ring (bicyclic) bond motifs is 1. The summed E-state index contributed by atoms with van der Waals surface area (Å²) >= 11 is 0. The monoisotopic (exact) mass is 508 g/mol. The molecule has 36 heavy (non-hydrogen) atoms. The standard InChI is InChI=1S/C26H28N4O5S/c1-18-12-19(2)14-21(13-18)36(32,33)30-10-8-29(9-11-30)25-22(4-3-7-27-25)26(31)28-16-20-5-6-23-24(15-20)35-17-34-23/h3-7,12-15H,8-11,16-17H2,1-2H3,(H,28,31). The molecular weight excluding hydrogens is 480 g/mol. The maximum Gasteiger partial charge on any atom is 0.255 e. The Hall–Kier alpha value is -3.63. The van der Waals surface area contributed by atoms with Crippen molar-refractivity contribution in [1.29, 1.82) is 0 Å². The van der Waals surface area contributed by atoms with Gasteiger partial charge < -0.3 is 19.7 Å². The third kappa shape index (κ3) is 4.87. The number of nitrogens with zero attached hydrogens (tertiary/aromatic N) is 3. The highest BCUT2D eigenvalue weighted by Crippen LogP contribution is 2.32. The minimum Gasteiger partial charge on any atom is -0.454 e. The van der Waals surface area contributed by atoms with Gasteiger partial charge in [0.25, 0.3) is 5.91 Å². The first-order valence-corrected chi connectivity index (χ1v) is 13.2. The minimum absolute atomic E-state index is 0.198. The highest BCUT2D eigenvalue weighted by molar-refractivity contribution is 7.89. The number of aryl methyl sites for hydroxylation is 2. The summed E-state index contributed by atoms with van der Waals surface area (Å²) in [4.78, 5) is 19.8. The lowest BCUT2D eigenvalue weighted by molar-refractivity contribution is 0.0951. The quantitative estimate of drug-likeness (QED) is 0.546. The van der Waals surface area contributed by atoms with Gasteiger partial charge in [0.1, 0.15) is 5.82 Å². The molecule has 1 amide bonds. The van der Waals surface area contributed by atoms with Crippen molar-refractivity contribution >= 4 is 21.7 Å². The molecule has 2 aromatic carbocycles. The van der Waals surface area contributed by atoms with E-state index in [1.807, 2.05) is 43.0 Å². The molecule has 0 bridgehead atoms. The van der Waals surface area contributed by atoms with Crippen LogP contribution >= 0.6 is 0 Å². The van der Waals surface area contributed by atoms with Gasteiger partial charge in [0, 0.05) is 38.9 Å². The minimum atomic E-state index is -3.59. The van der Waals surface area contributed by atoms with Gasteiger partial charge in [0.2, 0.25) is 16.8 Å². The normalized spacial score (nSPS) is 15.7. The Morgan fingerprint density at radius 3 is 2.44 bits per heavy atom. The summed E-state index contributed by atoms with van der Waals surface area (Å²) in [6.07, 6.45) is 1.64. The first-order chi connectivity index (χ1) is 17.3. The summed E-state index contributed by atoms with van der Waals surface area (Å²) in [7, 11) is -3.59. The SMILES string of the molecule is Cc1cc(C)cc(S(=O)(=O)N2CCN(c3ncccc3C(=O)NCc3ccc4c(c3)OCO4)CC2)c1. The number of nitrogens with one attached hydrogen (secondary N) is 1. The second-order valence-electron chi connectivity index (χ2n) is 8.96. The van der Waals surface area contributed by atoms with Crippen LogP contribution in [0.5, 0.6) is 11.5 Å². The number of hydrogen-bond acceptors (Lipinski definition) is 7. The molecule has 5 rings (SSSR count). The van der Waals surface area contributed by atoms with Gasteiger partial charge in [-0.2, -0.15) is 4.31 Å². The van der Waals surface area contributed by atoms with E-state index in [1.54, 1.807) is 30.5 Å². The van der Waals surface area contributed by atoms with E-state index < -0.39 is 10.0 Å². The van der Waals surface area contributed by atoms with Crippen LogP contribution < -0.4 is 19.7 Å². The first-order valence-electron chi connectivity index (χ1n) is 11.8. The van der Waals surface area contributed by atoms with Gasteiger partial charge in [0.15, 0.2) is 11.5 Å². The molecular formula is C26H28N4O5S. The van der Waals surface area contributed by atoms with Crippen LogP contribution in [-0.4, -0.2) is 56.6 Å². The van der Waals surface area contributed by atoms with Gasteiger partial charge >= 0.3 is 0 Å². The molecule has 1 N–H and O–H groups in total. The van der Waals surface area contributed by atoms with Crippen LogP contribution in [-0.2, 0) is 16.6 Å². The molecule has 0 radical (unpaired) electrons. The van der Waals surface area contributed by atoms with Crippen molar-refractivity contribution in [2.24, 2.45) is 0 Å². The number of piperazine rings is 1. The van der Waals surface area contributed by atoms with E-state index in [0.717, 1.165) is 16.7 Å². The van der Waals surface area contributed by atoms with E-state index in [-0.39, 0.29) is 12.7 Å². The fourth-order valence-corrected chi connectivity index (χ4v) is 6.14. The molecule has 1 fully saturated rings. The molecule has 0 spiro atoms. The van der Waals surface area contributed by atoms with E-state index in [4.69, 9.17) is 9.47 Å². The molecule has 2 aliphatic rings.